The van der Waals surface area contributed by atoms with E-state index in [4.69, 9.17) is 0 Å². The number of thioether (sulfide) groups is 1. The summed E-state index contributed by atoms with van der Waals surface area (Å²) in [7, 11) is 0. The molecule has 0 spiro atoms. The van der Waals surface area contributed by atoms with Gasteiger partial charge >= 0.3 is 0 Å². The van der Waals surface area contributed by atoms with Gasteiger partial charge in [-0.2, -0.15) is 0 Å². The van der Waals surface area contributed by atoms with Gasteiger partial charge in [0, 0.05) is 15.8 Å². The monoisotopic (exact) mass is 402 g/mol. The molecule has 0 radical (unpaired) electrons. The Kier molecular flexibility index (Phi) is 5.32. The van der Waals surface area contributed by atoms with Crippen LogP contribution in [0.3, 0.4) is 0 Å². The quantitative estimate of drug-likeness (QED) is 0.653. The molecule has 1 aromatic heterocycles. The van der Waals surface area contributed by atoms with Gasteiger partial charge in [0.25, 0.3) is 0 Å². The molecule has 0 unspecified atom stereocenters. The van der Waals surface area contributed by atoms with Gasteiger partial charge in [0.1, 0.15) is 5.82 Å². The third-order valence-electron chi connectivity index (χ3n) is 3.25. The van der Waals surface area contributed by atoms with Crippen molar-refractivity contribution in [1.82, 2.24) is 14.8 Å². The summed E-state index contributed by atoms with van der Waals surface area (Å²) in [6, 6.07) is 17.4. The van der Waals surface area contributed by atoms with Gasteiger partial charge < -0.3 is 5.32 Å². The van der Waals surface area contributed by atoms with Crippen molar-refractivity contribution >= 4 is 39.3 Å². The summed E-state index contributed by atoms with van der Waals surface area (Å²) < 4.78 is 2.87. The van der Waals surface area contributed by atoms with Gasteiger partial charge in [0.05, 0.1) is 5.75 Å². The van der Waals surface area contributed by atoms with Crippen LogP contribution in [0.4, 0.5) is 5.69 Å². The van der Waals surface area contributed by atoms with E-state index in [1.54, 1.807) is 0 Å². The average Bonchev–Trinajstić information content (AvgIpc) is 2.94. The first kappa shape index (κ1) is 16.7. The number of anilines is 1. The molecule has 0 atom stereocenters. The number of benzene rings is 2. The second kappa shape index (κ2) is 7.63. The van der Waals surface area contributed by atoms with Crippen LogP contribution in [0.5, 0.6) is 0 Å². The van der Waals surface area contributed by atoms with Crippen molar-refractivity contribution in [3.63, 3.8) is 0 Å². The zero-order chi connectivity index (χ0) is 16.9. The minimum Gasteiger partial charge on any atom is -0.325 e. The van der Waals surface area contributed by atoms with E-state index in [9.17, 15) is 4.79 Å². The SMILES string of the molecule is Cc1nnc(SCC(=O)Nc2cccc(Br)c2)n1-c1ccccc1. The standard InChI is InChI=1S/C17H15BrN4OS/c1-12-20-21-17(22(12)15-8-3-2-4-9-15)24-11-16(23)19-14-7-5-6-13(18)10-14/h2-10H,11H2,1H3,(H,19,23). The van der Waals surface area contributed by atoms with Crippen LogP contribution in [-0.2, 0) is 4.79 Å². The van der Waals surface area contributed by atoms with Gasteiger partial charge in [0.15, 0.2) is 5.16 Å². The number of amides is 1. The van der Waals surface area contributed by atoms with Gasteiger partial charge in [0.2, 0.25) is 5.91 Å². The van der Waals surface area contributed by atoms with Gasteiger partial charge in [-0.05, 0) is 37.3 Å². The van der Waals surface area contributed by atoms with Crippen LogP contribution >= 0.6 is 27.7 Å². The summed E-state index contributed by atoms with van der Waals surface area (Å²) >= 11 is 4.75. The van der Waals surface area contributed by atoms with Crippen molar-refractivity contribution in [2.24, 2.45) is 0 Å². The Morgan fingerprint density at radius 3 is 2.71 bits per heavy atom. The zero-order valence-corrected chi connectivity index (χ0v) is 15.3. The normalized spacial score (nSPS) is 10.6. The maximum Gasteiger partial charge on any atom is 0.234 e. The van der Waals surface area contributed by atoms with Gasteiger partial charge in [-0.1, -0.05) is 52.0 Å². The zero-order valence-electron chi connectivity index (χ0n) is 12.9. The van der Waals surface area contributed by atoms with Crippen molar-refractivity contribution in [3.05, 3.63) is 64.9 Å². The number of aryl methyl sites for hydroxylation is 1. The Labute approximate surface area is 152 Å². The fourth-order valence-electron chi connectivity index (χ4n) is 2.20. The summed E-state index contributed by atoms with van der Waals surface area (Å²) in [6.45, 7) is 1.89. The molecule has 2 aromatic carbocycles. The molecular weight excluding hydrogens is 388 g/mol. The number of nitrogens with one attached hydrogen (secondary N) is 1. The van der Waals surface area contributed by atoms with E-state index in [-0.39, 0.29) is 11.7 Å². The minimum absolute atomic E-state index is 0.0848. The Balaban J connectivity index is 1.68. The van der Waals surface area contributed by atoms with E-state index in [1.165, 1.54) is 11.8 Å². The largest absolute Gasteiger partial charge is 0.325 e. The van der Waals surface area contributed by atoms with Crippen LogP contribution in [0.2, 0.25) is 0 Å². The van der Waals surface area contributed by atoms with Crippen molar-refractivity contribution < 1.29 is 4.79 Å². The summed E-state index contributed by atoms with van der Waals surface area (Å²) in [5, 5.41) is 11.9. The molecule has 0 aliphatic heterocycles. The Morgan fingerprint density at radius 2 is 1.96 bits per heavy atom. The lowest BCUT2D eigenvalue weighted by molar-refractivity contribution is -0.113. The summed E-state index contributed by atoms with van der Waals surface area (Å²) in [4.78, 5) is 12.1. The lowest BCUT2D eigenvalue weighted by Gasteiger charge is -2.08. The highest BCUT2D eigenvalue weighted by Gasteiger charge is 2.13. The van der Waals surface area contributed by atoms with Crippen LogP contribution in [0.25, 0.3) is 5.69 Å². The number of aromatic nitrogens is 3. The Morgan fingerprint density at radius 1 is 1.17 bits per heavy atom. The lowest BCUT2D eigenvalue weighted by Crippen LogP contribution is -2.14. The van der Waals surface area contributed by atoms with Gasteiger partial charge in [-0.15, -0.1) is 10.2 Å². The molecule has 0 saturated heterocycles. The fraction of sp³-hybridized carbons (Fsp3) is 0.118. The molecule has 24 heavy (non-hydrogen) atoms. The molecule has 1 amide bonds. The number of carbonyl (C=O) groups excluding carboxylic acids is 1. The van der Waals surface area contributed by atoms with Crippen LogP contribution in [0.1, 0.15) is 5.82 Å². The van der Waals surface area contributed by atoms with Gasteiger partial charge in [-0.3, -0.25) is 9.36 Å². The maximum absolute atomic E-state index is 12.1. The van der Waals surface area contributed by atoms with E-state index in [0.29, 0.717) is 5.16 Å². The number of carbonyl (C=O) groups is 1. The molecule has 0 fully saturated rings. The van der Waals surface area contributed by atoms with Crippen molar-refractivity contribution in [2.75, 3.05) is 11.1 Å². The molecule has 3 aromatic rings. The van der Waals surface area contributed by atoms with Crippen LogP contribution < -0.4 is 5.32 Å². The number of nitrogens with zero attached hydrogens (tertiary/aromatic N) is 3. The Bertz CT molecular complexity index is 851. The molecule has 0 aliphatic rings. The van der Waals surface area contributed by atoms with Crippen LogP contribution in [-0.4, -0.2) is 26.4 Å². The first-order valence-electron chi connectivity index (χ1n) is 7.29. The van der Waals surface area contributed by atoms with Crippen molar-refractivity contribution in [3.8, 4) is 5.69 Å². The second-order valence-electron chi connectivity index (χ2n) is 5.05. The number of hydrogen-bond donors (Lipinski definition) is 1. The smallest absolute Gasteiger partial charge is 0.234 e. The fourth-order valence-corrected chi connectivity index (χ4v) is 3.40. The van der Waals surface area contributed by atoms with Crippen LogP contribution in [0.15, 0.2) is 64.2 Å². The highest BCUT2D eigenvalue weighted by molar-refractivity contribution is 9.10. The molecule has 1 heterocycles. The molecular formula is C17H15BrN4OS. The summed E-state index contributed by atoms with van der Waals surface area (Å²) in [6.07, 6.45) is 0. The van der Waals surface area contributed by atoms with Crippen molar-refractivity contribution in [2.45, 2.75) is 12.1 Å². The van der Waals surface area contributed by atoms with Crippen LogP contribution in [0, 0.1) is 6.92 Å². The lowest BCUT2D eigenvalue weighted by atomic mass is 10.3. The first-order chi connectivity index (χ1) is 11.6. The number of halogens is 1. The molecule has 1 N–H and O–H groups in total. The molecule has 0 saturated carbocycles. The Hall–Kier alpha value is -2.12. The minimum atomic E-state index is -0.0848. The van der Waals surface area contributed by atoms with E-state index < -0.39 is 0 Å². The summed E-state index contributed by atoms with van der Waals surface area (Å²) in [5.74, 6) is 0.965. The predicted molar refractivity (Wildman–Crippen MR) is 99.6 cm³/mol. The number of hydrogen-bond acceptors (Lipinski definition) is 4. The molecule has 5 nitrogen and oxygen atoms in total. The van der Waals surface area contributed by atoms with Gasteiger partial charge in [-0.25, -0.2) is 0 Å². The molecule has 0 bridgehead atoms. The third kappa shape index (κ3) is 4.04. The first-order valence-corrected chi connectivity index (χ1v) is 9.07. The topological polar surface area (TPSA) is 59.8 Å². The van der Waals surface area contributed by atoms with E-state index >= 15 is 0 Å². The molecule has 0 aliphatic carbocycles. The number of rotatable bonds is 5. The van der Waals surface area contributed by atoms with E-state index in [1.807, 2.05) is 66.1 Å². The number of para-hydroxylation sites is 1. The third-order valence-corrected chi connectivity index (χ3v) is 4.67. The summed E-state index contributed by atoms with van der Waals surface area (Å²) in [5.41, 5.74) is 1.74. The predicted octanol–water partition coefficient (Wildman–Crippen LogP) is 4.07. The highest BCUT2D eigenvalue weighted by Crippen LogP contribution is 2.22. The second-order valence-corrected chi connectivity index (χ2v) is 6.91. The van der Waals surface area contributed by atoms with E-state index in [2.05, 4.69) is 31.4 Å². The average molecular weight is 403 g/mol. The molecule has 122 valence electrons. The van der Waals surface area contributed by atoms with Crippen molar-refractivity contribution in [1.29, 1.82) is 0 Å². The molecule has 7 heteroatoms. The maximum atomic E-state index is 12.1. The highest BCUT2D eigenvalue weighted by atomic mass is 79.9. The molecule has 3 rings (SSSR count). The van der Waals surface area contributed by atoms with E-state index in [0.717, 1.165) is 21.7 Å².